The highest BCUT2D eigenvalue weighted by atomic mass is 16.5. The van der Waals surface area contributed by atoms with E-state index in [1.165, 1.54) is 20.3 Å². The van der Waals surface area contributed by atoms with Crippen LogP contribution in [0.2, 0.25) is 0 Å². The third-order valence-corrected chi connectivity index (χ3v) is 3.49. The molecule has 0 saturated carbocycles. The fourth-order valence-electron chi connectivity index (χ4n) is 2.47. The SMILES string of the molecule is COc1cc(OC)c2c(=O)cc(-c3cc(N)cc(N)c3)oc2c1. The molecule has 0 aliphatic carbocycles. The Morgan fingerprint density at radius 2 is 1.61 bits per heavy atom. The van der Waals surface area contributed by atoms with E-state index >= 15 is 0 Å². The molecule has 0 spiro atoms. The Hall–Kier alpha value is -3.15. The largest absolute Gasteiger partial charge is 0.496 e. The molecule has 1 aromatic heterocycles. The molecule has 118 valence electrons. The van der Waals surface area contributed by atoms with E-state index in [9.17, 15) is 4.79 Å². The number of ether oxygens (including phenoxy) is 2. The van der Waals surface area contributed by atoms with Crippen LogP contribution in [0.15, 0.2) is 45.6 Å². The van der Waals surface area contributed by atoms with Crippen LogP contribution < -0.4 is 26.4 Å². The van der Waals surface area contributed by atoms with Gasteiger partial charge in [0.2, 0.25) is 0 Å². The highest BCUT2D eigenvalue weighted by Gasteiger charge is 2.14. The molecule has 6 heteroatoms. The van der Waals surface area contributed by atoms with E-state index < -0.39 is 0 Å². The van der Waals surface area contributed by atoms with E-state index in [0.717, 1.165) is 0 Å². The normalized spacial score (nSPS) is 10.7. The second-order valence-electron chi connectivity index (χ2n) is 5.07. The van der Waals surface area contributed by atoms with Crippen LogP contribution in [0.1, 0.15) is 0 Å². The van der Waals surface area contributed by atoms with Crippen molar-refractivity contribution in [2.45, 2.75) is 0 Å². The first-order chi connectivity index (χ1) is 11.0. The maximum Gasteiger partial charge on any atom is 0.197 e. The van der Waals surface area contributed by atoms with Gasteiger partial charge in [0.1, 0.15) is 28.2 Å². The van der Waals surface area contributed by atoms with Crippen molar-refractivity contribution in [2.24, 2.45) is 0 Å². The second kappa shape index (κ2) is 5.57. The van der Waals surface area contributed by atoms with Crippen LogP contribution in [0.4, 0.5) is 11.4 Å². The van der Waals surface area contributed by atoms with Crippen molar-refractivity contribution in [1.29, 1.82) is 0 Å². The molecule has 0 aliphatic rings. The Kier molecular flexibility index (Phi) is 3.57. The number of anilines is 2. The number of methoxy groups -OCH3 is 2. The van der Waals surface area contributed by atoms with Crippen LogP contribution in [-0.4, -0.2) is 14.2 Å². The lowest BCUT2D eigenvalue weighted by Crippen LogP contribution is -2.03. The minimum Gasteiger partial charge on any atom is -0.496 e. The molecule has 0 atom stereocenters. The van der Waals surface area contributed by atoms with Crippen LogP contribution in [0, 0.1) is 0 Å². The van der Waals surface area contributed by atoms with Crippen molar-refractivity contribution in [3.63, 3.8) is 0 Å². The first kappa shape index (κ1) is 14.8. The van der Waals surface area contributed by atoms with Crippen LogP contribution in [0.3, 0.4) is 0 Å². The monoisotopic (exact) mass is 312 g/mol. The summed E-state index contributed by atoms with van der Waals surface area (Å²) < 4.78 is 16.3. The molecule has 3 rings (SSSR count). The summed E-state index contributed by atoms with van der Waals surface area (Å²) in [5, 5.41) is 0.355. The lowest BCUT2D eigenvalue weighted by molar-refractivity contribution is 0.396. The smallest absolute Gasteiger partial charge is 0.197 e. The van der Waals surface area contributed by atoms with E-state index in [1.54, 1.807) is 30.3 Å². The molecular weight excluding hydrogens is 296 g/mol. The van der Waals surface area contributed by atoms with Crippen molar-refractivity contribution >= 4 is 22.3 Å². The summed E-state index contributed by atoms with van der Waals surface area (Å²) in [6, 6.07) is 9.69. The van der Waals surface area contributed by atoms with Crippen molar-refractivity contribution in [3.8, 4) is 22.8 Å². The van der Waals surface area contributed by atoms with Crippen molar-refractivity contribution in [1.82, 2.24) is 0 Å². The van der Waals surface area contributed by atoms with Gasteiger partial charge in [0, 0.05) is 35.1 Å². The van der Waals surface area contributed by atoms with E-state index in [1.807, 2.05) is 0 Å². The standard InChI is InChI=1S/C17H16N2O4/c1-21-12-6-15(22-2)17-13(20)8-14(23-16(17)7-12)9-3-10(18)5-11(19)4-9/h3-8H,18-19H2,1-2H3. The van der Waals surface area contributed by atoms with Crippen LogP contribution >= 0.6 is 0 Å². The second-order valence-corrected chi connectivity index (χ2v) is 5.07. The van der Waals surface area contributed by atoms with Gasteiger partial charge in [-0.15, -0.1) is 0 Å². The fraction of sp³-hybridized carbons (Fsp3) is 0.118. The van der Waals surface area contributed by atoms with Gasteiger partial charge >= 0.3 is 0 Å². The van der Waals surface area contributed by atoms with Gasteiger partial charge in [0.25, 0.3) is 0 Å². The number of hydrogen-bond acceptors (Lipinski definition) is 6. The molecule has 1 heterocycles. The average Bonchev–Trinajstić information content (AvgIpc) is 2.52. The molecule has 2 aromatic carbocycles. The molecule has 0 aliphatic heterocycles. The Labute approximate surface area is 132 Å². The van der Waals surface area contributed by atoms with Crippen molar-refractivity contribution < 1.29 is 13.9 Å². The summed E-state index contributed by atoms with van der Waals surface area (Å²) in [6.45, 7) is 0. The fourth-order valence-corrected chi connectivity index (χ4v) is 2.47. The quantitative estimate of drug-likeness (QED) is 0.721. The number of rotatable bonds is 3. The predicted octanol–water partition coefficient (Wildman–Crippen LogP) is 2.64. The molecule has 0 radical (unpaired) electrons. The molecular formula is C17H16N2O4. The maximum absolute atomic E-state index is 12.5. The Balaban J connectivity index is 2.30. The zero-order valence-corrected chi connectivity index (χ0v) is 12.8. The first-order valence-electron chi connectivity index (χ1n) is 6.88. The Bertz CT molecular complexity index is 927. The van der Waals surface area contributed by atoms with Gasteiger partial charge in [-0.3, -0.25) is 4.79 Å². The number of nitrogens with two attached hydrogens (primary N) is 2. The lowest BCUT2D eigenvalue weighted by Gasteiger charge is -2.09. The van der Waals surface area contributed by atoms with E-state index in [-0.39, 0.29) is 5.43 Å². The van der Waals surface area contributed by atoms with Gasteiger partial charge in [-0.25, -0.2) is 0 Å². The van der Waals surface area contributed by atoms with Crippen molar-refractivity contribution in [3.05, 3.63) is 46.6 Å². The number of fused-ring (bicyclic) bond motifs is 1. The average molecular weight is 312 g/mol. The van der Waals surface area contributed by atoms with Gasteiger partial charge < -0.3 is 25.4 Å². The number of nitrogen functional groups attached to an aromatic ring is 2. The molecule has 0 bridgehead atoms. The van der Waals surface area contributed by atoms with E-state index in [4.69, 9.17) is 25.4 Å². The summed E-state index contributed by atoms with van der Waals surface area (Å²) in [7, 11) is 3.02. The van der Waals surface area contributed by atoms with Gasteiger partial charge in [-0.05, 0) is 18.2 Å². The van der Waals surface area contributed by atoms with Gasteiger partial charge in [0.05, 0.1) is 14.2 Å². The molecule has 4 N–H and O–H groups in total. The minimum atomic E-state index is -0.221. The highest BCUT2D eigenvalue weighted by molar-refractivity contribution is 5.86. The van der Waals surface area contributed by atoms with Gasteiger partial charge in [-0.2, -0.15) is 0 Å². The van der Waals surface area contributed by atoms with E-state index in [2.05, 4.69) is 0 Å². The number of benzene rings is 2. The van der Waals surface area contributed by atoms with Gasteiger partial charge in [-0.1, -0.05) is 0 Å². The molecule has 0 saturated heterocycles. The number of hydrogen-bond donors (Lipinski definition) is 2. The summed E-state index contributed by atoms with van der Waals surface area (Å²) in [5.74, 6) is 1.30. The summed E-state index contributed by atoms with van der Waals surface area (Å²) >= 11 is 0. The topological polar surface area (TPSA) is 101 Å². The van der Waals surface area contributed by atoms with E-state index in [0.29, 0.717) is 45.2 Å². The summed E-state index contributed by atoms with van der Waals surface area (Å²) in [6.07, 6.45) is 0. The molecule has 0 amide bonds. The molecule has 6 nitrogen and oxygen atoms in total. The van der Waals surface area contributed by atoms with Crippen LogP contribution in [-0.2, 0) is 0 Å². The Morgan fingerprint density at radius 1 is 0.913 bits per heavy atom. The molecule has 0 unspecified atom stereocenters. The van der Waals surface area contributed by atoms with Gasteiger partial charge in [0.15, 0.2) is 5.43 Å². The molecule has 3 aromatic rings. The van der Waals surface area contributed by atoms with Crippen molar-refractivity contribution in [2.75, 3.05) is 25.7 Å². The maximum atomic E-state index is 12.5. The highest BCUT2D eigenvalue weighted by Crippen LogP contribution is 2.32. The third-order valence-electron chi connectivity index (χ3n) is 3.49. The molecule has 23 heavy (non-hydrogen) atoms. The zero-order valence-electron chi connectivity index (χ0n) is 12.8. The first-order valence-corrected chi connectivity index (χ1v) is 6.88. The zero-order chi connectivity index (χ0) is 16.6. The Morgan fingerprint density at radius 3 is 2.22 bits per heavy atom. The third kappa shape index (κ3) is 2.66. The van der Waals surface area contributed by atoms with Crippen LogP contribution in [0.5, 0.6) is 11.5 Å². The lowest BCUT2D eigenvalue weighted by atomic mass is 10.1. The van der Waals surface area contributed by atoms with Crippen LogP contribution in [0.25, 0.3) is 22.3 Å². The molecule has 0 fully saturated rings. The minimum absolute atomic E-state index is 0.221. The summed E-state index contributed by atoms with van der Waals surface area (Å²) in [5.41, 5.74) is 13.4. The predicted molar refractivity (Wildman–Crippen MR) is 89.8 cm³/mol. The summed E-state index contributed by atoms with van der Waals surface area (Å²) in [4.78, 5) is 12.5.